The summed E-state index contributed by atoms with van der Waals surface area (Å²) >= 11 is 12.3. The van der Waals surface area contributed by atoms with Crippen molar-refractivity contribution in [3.8, 4) is 85.1 Å². The molecule has 41 heteroatoms. The van der Waals surface area contributed by atoms with E-state index in [-0.39, 0.29) is 52.2 Å². The van der Waals surface area contributed by atoms with E-state index in [9.17, 15) is 38.4 Å². The van der Waals surface area contributed by atoms with Crippen molar-refractivity contribution in [1.82, 2.24) is 72.3 Å². The molecule has 2 saturated carbocycles. The number of thiophene rings is 8. The minimum absolute atomic E-state index is 0.0420. The topological polar surface area (TPSA) is 455 Å². The van der Waals surface area contributed by atoms with E-state index in [4.69, 9.17) is 51.8 Å². The number of amides is 6. The number of hydrogen-bond donors (Lipinski definition) is 6. The number of aromatic nitrogens is 8. The lowest BCUT2D eigenvalue weighted by atomic mass is 10.1. The van der Waals surface area contributed by atoms with Crippen LogP contribution >= 0.6 is 90.7 Å². The van der Waals surface area contributed by atoms with Crippen LogP contribution < -0.4 is 27.0 Å². The number of carbonyl (C=O) groups excluding carboxylic acids is 7. The number of nitrogens with one attached hydrogen (secondary N) is 4. The van der Waals surface area contributed by atoms with E-state index in [1.54, 1.807) is 107 Å². The zero-order valence-corrected chi connectivity index (χ0v) is 72.7. The lowest BCUT2D eigenvalue weighted by Crippen LogP contribution is -2.47. The number of carbonyl (C=O) groups is 8. The van der Waals surface area contributed by atoms with E-state index >= 15 is 0 Å². The van der Waals surface area contributed by atoms with Crippen LogP contribution in [0.4, 0.5) is 0 Å². The third-order valence-corrected chi connectivity index (χ3v) is 23.7. The van der Waals surface area contributed by atoms with E-state index < -0.39 is 17.8 Å². The molecule has 0 unspecified atom stereocenters. The lowest BCUT2D eigenvalue weighted by Gasteiger charge is -2.31. The largest absolute Gasteiger partial charge is 0.476 e. The maximum atomic E-state index is 12.3. The van der Waals surface area contributed by atoms with Crippen molar-refractivity contribution >= 4 is 138 Å². The molecule has 6 amide bonds. The molecule has 0 bridgehead atoms. The summed E-state index contributed by atoms with van der Waals surface area (Å²) in [6, 6.07) is 44.2. The summed E-state index contributed by atoms with van der Waals surface area (Å²) in [6.07, 6.45) is 4.28. The van der Waals surface area contributed by atoms with Gasteiger partial charge >= 0.3 is 11.9 Å². The highest BCUT2D eigenvalue weighted by atomic mass is 32.1. The molecule has 17 heterocycles. The van der Waals surface area contributed by atoms with Crippen LogP contribution in [0.3, 0.4) is 0 Å². The number of aromatic carboxylic acids is 1. The van der Waals surface area contributed by atoms with Gasteiger partial charge in [-0.25, -0.2) is 9.59 Å². The predicted octanol–water partition coefficient (Wildman–Crippen LogP) is 17.3. The minimum atomic E-state index is -1.08. The molecule has 0 aromatic carbocycles. The lowest BCUT2D eigenvalue weighted by molar-refractivity contribution is 0.0513. The van der Waals surface area contributed by atoms with E-state index in [1.807, 2.05) is 166 Å². The molecule has 1 saturated heterocycles. The molecule has 16 aromatic rings. The smallest absolute Gasteiger partial charge is 0.360 e. The van der Waals surface area contributed by atoms with Gasteiger partial charge in [-0.05, 0) is 152 Å². The number of carboxylic acids is 1. The number of primary amides is 1. The van der Waals surface area contributed by atoms with Crippen molar-refractivity contribution in [3.63, 3.8) is 0 Å². The molecule has 19 rings (SSSR count). The fourth-order valence-corrected chi connectivity index (χ4v) is 15.6. The first-order chi connectivity index (χ1) is 59.5. The second kappa shape index (κ2) is 43.5. The van der Waals surface area contributed by atoms with Gasteiger partial charge in [0.2, 0.25) is 0 Å². The number of ether oxygens (including phenoxy) is 1. The van der Waals surface area contributed by atoms with Crippen LogP contribution in [0, 0.1) is 0 Å². The number of carboxylic acid groups (broad SMARTS) is 1. The van der Waals surface area contributed by atoms with Crippen LogP contribution in [-0.4, -0.2) is 168 Å². The maximum absolute atomic E-state index is 12.3. The number of rotatable bonds is 19. The monoisotopic (exact) mass is 1820 g/mol. The van der Waals surface area contributed by atoms with Crippen molar-refractivity contribution in [2.24, 2.45) is 5.73 Å². The number of nitrogens with zero attached hydrogens (tertiary/aromatic N) is 10. The Hall–Kier alpha value is -13.0. The van der Waals surface area contributed by atoms with E-state index in [1.165, 1.54) is 46.1 Å². The molecule has 2 aliphatic carbocycles. The zero-order chi connectivity index (χ0) is 86.8. The number of likely N-dealkylation sites (N-methyl/N-ethyl adjacent to an activating group) is 1. The normalized spacial score (nSPS) is 12.6. The van der Waals surface area contributed by atoms with Crippen molar-refractivity contribution in [1.29, 1.82) is 0 Å². The molecule has 0 atom stereocenters. The molecular formula is C82H77N15O18S8. The van der Waals surface area contributed by atoms with Gasteiger partial charge < -0.3 is 82.8 Å². The minimum Gasteiger partial charge on any atom is -0.476 e. The van der Waals surface area contributed by atoms with E-state index in [2.05, 4.69) is 74.5 Å². The van der Waals surface area contributed by atoms with Crippen molar-refractivity contribution in [2.75, 3.05) is 46.9 Å². The Bertz CT molecular complexity index is 5780. The Morgan fingerprint density at radius 2 is 0.675 bits per heavy atom. The molecule has 1 aliphatic heterocycles. The third kappa shape index (κ3) is 26.5. The summed E-state index contributed by atoms with van der Waals surface area (Å²) in [5, 5.41) is 64.6. The fraction of sp³-hybridized carbons (Fsp3) is 0.220. The summed E-state index contributed by atoms with van der Waals surface area (Å²) < 4.78 is 45.3. The Balaban J connectivity index is 0.000000129. The van der Waals surface area contributed by atoms with Gasteiger partial charge in [0.25, 0.3) is 35.4 Å². The summed E-state index contributed by atoms with van der Waals surface area (Å²) in [5.74, 6) is 1.96. The molecule has 0 radical (unpaired) electrons. The molecular weight excluding hydrogens is 1740 g/mol. The van der Waals surface area contributed by atoms with Gasteiger partial charge in [-0.3, -0.25) is 28.8 Å². The predicted molar refractivity (Wildman–Crippen MR) is 465 cm³/mol. The number of nitrogens with two attached hydrogens (primary N) is 1. The van der Waals surface area contributed by atoms with Crippen LogP contribution in [0.25, 0.3) is 85.1 Å². The standard InChI is InChI=1S/C13H15N3O2S.C12H14N2O2S.2C11H10N2O2S.C10H9NO3S.C9H8N2O2S.C8H6N2O2S.C8H5NO3S/c1-15-4-6-16(7-5-15)13(17)10-9-11(18-14-10)12-3-2-8-19-12;1-12(2,3)13-11(15)8-7-9(16-14-8)10-5-4-6-17-10;2*14-11(12-7-3-4-7)8-6-9(15-13-8)10-2-1-5-16-10;1-2-13-10(12)7-6-8(14-11-7)9-4-3-5-15-9;1-10-9(12)6-5-7(13-11-6)8-3-2-4-14-8;9-8(11)5-4-6(12-10-5)7-2-1-3-13-7;10-8(11)5-4-6(12-9-5)7-2-1-3-13-7/h2-3,8-9H,4-7H2,1H3;4-7H,1-3H3,(H,13,15);2*1-2,5-7H,3-4H2,(H,12,14);3-6H,2H2,1H3;2-5H,1H3,(H,10,12);1-4H,(H2,9,11);1-4H,(H,10,11). The van der Waals surface area contributed by atoms with Gasteiger partial charge in [-0.2, -0.15) is 0 Å². The van der Waals surface area contributed by atoms with Gasteiger partial charge in [0, 0.05) is 99.4 Å². The molecule has 3 aliphatic rings. The molecule has 123 heavy (non-hydrogen) atoms. The van der Waals surface area contributed by atoms with Gasteiger partial charge in [0.1, 0.15) is 0 Å². The summed E-state index contributed by atoms with van der Waals surface area (Å²) in [7, 11) is 3.62. The van der Waals surface area contributed by atoms with Gasteiger partial charge in [-0.15, -0.1) is 90.7 Å². The van der Waals surface area contributed by atoms with Gasteiger partial charge in [0.15, 0.2) is 91.6 Å². The maximum Gasteiger partial charge on any atom is 0.360 e. The number of piperazine rings is 1. The van der Waals surface area contributed by atoms with Crippen LogP contribution in [0.1, 0.15) is 137 Å². The SMILES string of the molecule is CC(C)(C)NC(=O)c1cc(-c2cccs2)on1.CCOC(=O)c1cc(-c2cccs2)on1.CN1CCN(C(=O)c2cc(-c3cccs3)on2)CC1.CNC(=O)c1cc(-c2cccs2)on1.NC(=O)c1cc(-c2cccs2)on1.O=C(NC1CC1)c1cc(-c2cccs2)on1.O=C(NC1CC1)c1cc(-c2cccs2)on1.O=C(O)c1cc(-c2cccs2)on1. The first kappa shape index (κ1) is 89.3. The molecule has 7 N–H and O–H groups in total. The Morgan fingerprint density at radius 1 is 0.407 bits per heavy atom. The van der Waals surface area contributed by atoms with E-state index in [0.717, 1.165) is 90.9 Å². The van der Waals surface area contributed by atoms with Crippen LogP contribution in [0.15, 0.2) is 225 Å². The molecule has 33 nitrogen and oxygen atoms in total. The third-order valence-electron chi connectivity index (χ3n) is 16.6. The summed E-state index contributed by atoms with van der Waals surface area (Å²) in [4.78, 5) is 103. The number of esters is 1. The van der Waals surface area contributed by atoms with E-state index in [0.29, 0.717) is 93.2 Å². The molecule has 636 valence electrons. The second-order valence-corrected chi connectivity index (χ2v) is 34.8. The molecule has 3 fully saturated rings. The zero-order valence-electron chi connectivity index (χ0n) is 66.2. The summed E-state index contributed by atoms with van der Waals surface area (Å²) in [5.41, 5.74) is 6.76. The van der Waals surface area contributed by atoms with Crippen molar-refractivity contribution < 1.29 is 84.4 Å². The average molecular weight is 1820 g/mol. The highest BCUT2D eigenvalue weighted by Crippen LogP contribution is 2.33. The van der Waals surface area contributed by atoms with Crippen LogP contribution in [-0.2, 0) is 4.74 Å². The highest BCUT2D eigenvalue weighted by Gasteiger charge is 2.29. The van der Waals surface area contributed by atoms with Crippen LogP contribution in [0.2, 0.25) is 0 Å². The first-order valence-corrected chi connectivity index (χ1v) is 44.4. The van der Waals surface area contributed by atoms with Crippen molar-refractivity contribution in [3.05, 3.63) is 234 Å². The Labute approximate surface area is 732 Å². The summed E-state index contributed by atoms with van der Waals surface area (Å²) in [6.45, 7) is 11.1. The van der Waals surface area contributed by atoms with Gasteiger partial charge in [0.05, 0.1) is 45.6 Å². The quantitative estimate of drug-likeness (QED) is 0.0409. The molecule has 0 spiro atoms. The highest BCUT2D eigenvalue weighted by molar-refractivity contribution is 7.15. The molecule has 16 aromatic heterocycles. The fourth-order valence-electron chi connectivity index (χ4n) is 10.2. The average Bonchev–Trinajstić information content (AvgIpc) is 1.74. The second-order valence-electron chi connectivity index (χ2n) is 27.2. The van der Waals surface area contributed by atoms with Crippen molar-refractivity contribution in [2.45, 2.75) is 71.0 Å². The number of hydrogen-bond acceptors (Lipinski definition) is 34. The Kier molecular flexibility index (Phi) is 31.6. The van der Waals surface area contributed by atoms with Crippen LogP contribution in [0.5, 0.6) is 0 Å². The Morgan fingerprint density at radius 3 is 0.943 bits per heavy atom. The first-order valence-electron chi connectivity index (χ1n) is 37.4. The van der Waals surface area contributed by atoms with Gasteiger partial charge in [-0.1, -0.05) is 89.8 Å².